The smallest absolute Gasteiger partial charge is 0.227 e. The van der Waals surface area contributed by atoms with Crippen LogP contribution in [0.4, 0.5) is 5.69 Å². The highest BCUT2D eigenvalue weighted by atomic mass is 16.2. The molecule has 0 aliphatic carbocycles. The van der Waals surface area contributed by atoms with Gasteiger partial charge in [-0.05, 0) is 42.7 Å². The Morgan fingerprint density at radius 2 is 1.76 bits per heavy atom. The van der Waals surface area contributed by atoms with Crippen molar-refractivity contribution in [2.24, 2.45) is 0 Å². The number of nitrogen functional groups attached to an aromatic ring is 1. The molecule has 3 heteroatoms. The second-order valence-electron chi connectivity index (χ2n) is 5.25. The Hall–Kier alpha value is -2.29. The van der Waals surface area contributed by atoms with Gasteiger partial charge in [-0.3, -0.25) is 4.79 Å². The summed E-state index contributed by atoms with van der Waals surface area (Å²) in [7, 11) is 0. The summed E-state index contributed by atoms with van der Waals surface area (Å²) in [4.78, 5) is 14.3. The van der Waals surface area contributed by atoms with Crippen LogP contribution in [-0.4, -0.2) is 17.4 Å². The van der Waals surface area contributed by atoms with Gasteiger partial charge in [-0.15, -0.1) is 0 Å². The number of nitrogens with zero attached hydrogens (tertiary/aromatic N) is 1. The minimum absolute atomic E-state index is 0.144. The number of aryl methyl sites for hydroxylation is 1. The van der Waals surface area contributed by atoms with E-state index in [1.165, 1.54) is 11.1 Å². The Labute approximate surface area is 126 Å². The highest BCUT2D eigenvalue weighted by Gasteiger charge is 2.13. The number of hydrogen-bond donors (Lipinski definition) is 1. The monoisotopic (exact) mass is 282 g/mol. The van der Waals surface area contributed by atoms with Crippen LogP contribution in [0.25, 0.3) is 0 Å². The van der Waals surface area contributed by atoms with E-state index >= 15 is 0 Å². The minimum Gasteiger partial charge on any atom is -0.399 e. The summed E-state index contributed by atoms with van der Waals surface area (Å²) >= 11 is 0. The molecule has 3 nitrogen and oxygen atoms in total. The molecule has 0 unspecified atom stereocenters. The molecule has 0 heterocycles. The van der Waals surface area contributed by atoms with Crippen LogP contribution in [0.15, 0.2) is 48.5 Å². The van der Waals surface area contributed by atoms with Gasteiger partial charge in [0.05, 0.1) is 6.42 Å². The van der Waals surface area contributed by atoms with E-state index in [-0.39, 0.29) is 5.91 Å². The first kappa shape index (κ1) is 15.1. The van der Waals surface area contributed by atoms with Gasteiger partial charge in [-0.2, -0.15) is 0 Å². The maximum absolute atomic E-state index is 12.4. The first-order chi connectivity index (χ1) is 10.1. The Balaban J connectivity index is 2.05. The third-order valence-electron chi connectivity index (χ3n) is 3.69. The number of hydrogen-bond acceptors (Lipinski definition) is 2. The fourth-order valence-corrected chi connectivity index (χ4v) is 2.29. The summed E-state index contributed by atoms with van der Waals surface area (Å²) in [6.07, 6.45) is 0.417. The van der Waals surface area contributed by atoms with E-state index in [2.05, 4.69) is 19.1 Å². The number of carbonyl (C=O) groups is 1. The summed E-state index contributed by atoms with van der Waals surface area (Å²) in [5.41, 5.74) is 9.80. The van der Waals surface area contributed by atoms with Gasteiger partial charge in [0.2, 0.25) is 5.91 Å². The molecule has 0 spiro atoms. The molecular formula is C18H22N2O. The number of carbonyl (C=O) groups excluding carboxylic acids is 1. The Kier molecular flexibility index (Phi) is 4.99. The minimum atomic E-state index is 0.144. The molecule has 0 aliphatic rings. The van der Waals surface area contributed by atoms with Crippen molar-refractivity contribution in [1.82, 2.24) is 4.90 Å². The van der Waals surface area contributed by atoms with Crippen LogP contribution >= 0.6 is 0 Å². The molecule has 0 saturated carbocycles. The van der Waals surface area contributed by atoms with E-state index in [9.17, 15) is 4.79 Å². The molecule has 2 aromatic rings. The van der Waals surface area contributed by atoms with Crippen molar-refractivity contribution in [1.29, 1.82) is 0 Å². The van der Waals surface area contributed by atoms with E-state index in [0.717, 1.165) is 11.3 Å². The molecule has 21 heavy (non-hydrogen) atoms. The normalized spacial score (nSPS) is 10.4. The van der Waals surface area contributed by atoms with Crippen LogP contribution in [0.5, 0.6) is 0 Å². The molecule has 2 rings (SSSR count). The van der Waals surface area contributed by atoms with Gasteiger partial charge < -0.3 is 10.6 Å². The van der Waals surface area contributed by atoms with Crippen LogP contribution in [0.2, 0.25) is 0 Å². The van der Waals surface area contributed by atoms with E-state index < -0.39 is 0 Å². The number of rotatable bonds is 5. The molecular weight excluding hydrogens is 260 g/mol. The number of benzene rings is 2. The van der Waals surface area contributed by atoms with Gasteiger partial charge >= 0.3 is 0 Å². The zero-order chi connectivity index (χ0) is 15.2. The van der Waals surface area contributed by atoms with E-state index in [1.807, 2.05) is 48.2 Å². The molecule has 2 N–H and O–H groups in total. The van der Waals surface area contributed by atoms with E-state index in [4.69, 9.17) is 5.73 Å². The van der Waals surface area contributed by atoms with E-state index in [0.29, 0.717) is 19.5 Å². The lowest BCUT2D eigenvalue weighted by Crippen LogP contribution is -2.31. The number of amides is 1. The SMILES string of the molecule is CCN(Cc1ccccc1C)C(=O)Cc1ccc(N)cc1. The molecule has 0 atom stereocenters. The quantitative estimate of drug-likeness (QED) is 0.856. The maximum Gasteiger partial charge on any atom is 0.227 e. The van der Waals surface area contributed by atoms with Crippen molar-refractivity contribution >= 4 is 11.6 Å². The van der Waals surface area contributed by atoms with Gasteiger partial charge in [0.25, 0.3) is 0 Å². The summed E-state index contributed by atoms with van der Waals surface area (Å²) in [5.74, 6) is 0.144. The van der Waals surface area contributed by atoms with Crippen LogP contribution < -0.4 is 5.73 Å². The third kappa shape index (κ3) is 4.09. The molecule has 110 valence electrons. The maximum atomic E-state index is 12.4. The second kappa shape index (κ2) is 6.93. The van der Waals surface area contributed by atoms with Gasteiger partial charge in [-0.25, -0.2) is 0 Å². The van der Waals surface area contributed by atoms with Crippen molar-refractivity contribution in [3.8, 4) is 0 Å². The van der Waals surface area contributed by atoms with Crippen molar-refractivity contribution < 1.29 is 4.79 Å². The number of anilines is 1. The lowest BCUT2D eigenvalue weighted by atomic mass is 10.1. The van der Waals surface area contributed by atoms with E-state index in [1.54, 1.807) is 0 Å². The van der Waals surface area contributed by atoms with Crippen LogP contribution in [0.1, 0.15) is 23.6 Å². The van der Waals surface area contributed by atoms with Crippen molar-refractivity contribution in [3.05, 3.63) is 65.2 Å². The zero-order valence-electron chi connectivity index (χ0n) is 12.7. The lowest BCUT2D eigenvalue weighted by molar-refractivity contribution is -0.130. The summed E-state index contributed by atoms with van der Waals surface area (Å²) in [6, 6.07) is 15.7. The number of likely N-dealkylation sites (N-methyl/N-ethyl adjacent to an activating group) is 1. The molecule has 0 bridgehead atoms. The Morgan fingerprint density at radius 3 is 2.38 bits per heavy atom. The lowest BCUT2D eigenvalue weighted by Gasteiger charge is -2.22. The molecule has 0 fully saturated rings. The molecule has 1 amide bonds. The molecule has 2 aromatic carbocycles. The molecule has 0 radical (unpaired) electrons. The standard InChI is InChI=1S/C18H22N2O/c1-3-20(13-16-7-5-4-6-14(16)2)18(21)12-15-8-10-17(19)11-9-15/h4-11H,3,12-13,19H2,1-2H3. The van der Waals surface area contributed by atoms with Crippen LogP contribution in [0, 0.1) is 6.92 Å². The van der Waals surface area contributed by atoms with Crippen molar-refractivity contribution in [2.75, 3.05) is 12.3 Å². The third-order valence-corrected chi connectivity index (χ3v) is 3.69. The van der Waals surface area contributed by atoms with Crippen molar-refractivity contribution in [3.63, 3.8) is 0 Å². The molecule has 0 aliphatic heterocycles. The van der Waals surface area contributed by atoms with Gasteiger partial charge in [0, 0.05) is 18.8 Å². The summed E-state index contributed by atoms with van der Waals surface area (Å²) in [5, 5.41) is 0. The van der Waals surface area contributed by atoms with Crippen molar-refractivity contribution in [2.45, 2.75) is 26.8 Å². The fraction of sp³-hybridized carbons (Fsp3) is 0.278. The average molecular weight is 282 g/mol. The van der Waals surface area contributed by atoms with Crippen LogP contribution in [-0.2, 0) is 17.8 Å². The van der Waals surface area contributed by atoms with Gasteiger partial charge in [-0.1, -0.05) is 36.4 Å². The zero-order valence-corrected chi connectivity index (χ0v) is 12.7. The predicted octanol–water partition coefficient (Wildman–Crippen LogP) is 3.17. The topological polar surface area (TPSA) is 46.3 Å². The average Bonchev–Trinajstić information content (AvgIpc) is 2.48. The molecule has 0 saturated heterocycles. The Morgan fingerprint density at radius 1 is 1.10 bits per heavy atom. The fourth-order valence-electron chi connectivity index (χ4n) is 2.29. The highest BCUT2D eigenvalue weighted by Crippen LogP contribution is 2.13. The second-order valence-corrected chi connectivity index (χ2v) is 5.25. The number of nitrogens with two attached hydrogens (primary N) is 1. The first-order valence-corrected chi connectivity index (χ1v) is 7.27. The summed E-state index contributed by atoms with van der Waals surface area (Å²) in [6.45, 7) is 5.46. The predicted molar refractivity (Wildman–Crippen MR) is 86.8 cm³/mol. The first-order valence-electron chi connectivity index (χ1n) is 7.27. The van der Waals surface area contributed by atoms with Gasteiger partial charge in [0.15, 0.2) is 0 Å². The highest BCUT2D eigenvalue weighted by molar-refractivity contribution is 5.78. The van der Waals surface area contributed by atoms with Gasteiger partial charge in [0.1, 0.15) is 0 Å². The Bertz CT molecular complexity index is 605. The molecule has 0 aromatic heterocycles. The largest absolute Gasteiger partial charge is 0.399 e. The van der Waals surface area contributed by atoms with Crippen LogP contribution in [0.3, 0.4) is 0 Å². The summed E-state index contributed by atoms with van der Waals surface area (Å²) < 4.78 is 0.